The van der Waals surface area contributed by atoms with Gasteiger partial charge in [-0.3, -0.25) is 4.79 Å². The van der Waals surface area contributed by atoms with Crippen LogP contribution in [0.1, 0.15) is 40.8 Å². The molecule has 0 aliphatic rings. The van der Waals surface area contributed by atoms with Crippen LogP contribution in [0.5, 0.6) is 11.5 Å². The van der Waals surface area contributed by atoms with Crippen LogP contribution in [0.15, 0.2) is 18.2 Å². The van der Waals surface area contributed by atoms with E-state index in [0.717, 1.165) is 17.1 Å². The Balaban J connectivity index is 1.96. The van der Waals surface area contributed by atoms with Gasteiger partial charge in [-0.05, 0) is 43.1 Å². The SMILES string of the molecule is CCc1nnsc1C(=O)OCC(=O)NC(C)c1cc(OC)ccc1OC. The third-order valence-corrected chi connectivity index (χ3v) is 4.44. The van der Waals surface area contributed by atoms with E-state index in [0.29, 0.717) is 28.5 Å². The van der Waals surface area contributed by atoms with Crippen LogP contribution in [0.4, 0.5) is 0 Å². The van der Waals surface area contributed by atoms with Crippen molar-refractivity contribution in [2.45, 2.75) is 26.3 Å². The van der Waals surface area contributed by atoms with Crippen molar-refractivity contribution < 1.29 is 23.8 Å². The Bertz CT molecular complexity index is 778. The Morgan fingerprint density at radius 3 is 2.69 bits per heavy atom. The minimum Gasteiger partial charge on any atom is -0.497 e. The molecule has 1 amide bonds. The van der Waals surface area contributed by atoms with E-state index < -0.39 is 18.5 Å². The van der Waals surface area contributed by atoms with Crippen molar-refractivity contribution in [3.05, 3.63) is 34.3 Å². The van der Waals surface area contributed by atoms with Gasteiger partial charge in [0.2, 0.25) is 0 Å². The molecule has 1 aromatic heterocycles. The summed E-state index contributed by atoms with van der Waals surface area (Å²) in [4.78, 5) is 24.5. The number of rotatable bonds is 8. The topological polar surface area (TPSA) is 99.6 Å². The Hall–Kier alpha value is -2.68. The van der Waals surface area contributed by atoms with Crippen LogP contribution >= 0.6 is 11.5 Å². The maximum Gasteiger partial charge on any atom is 0.352 e. The number of benzene rings is 1. The third-order valence-electron chi connectivity index (χ3n) is 3.69. The zero-order valence-corrected chi connectivity index (χ0v) is 15.9. The lowest BCUT2D eigenvalue weighted by Gasteiger charge is -2.18. The van der Waals surface area contributed by atoms with Crippen molar-refractivity contribution in [2.24, 2.45) is 0 Å². The van der Waals surface area contributed by atoms with Crippen molar-refractivity contribution in [2.75, 3.05) is 20.8 Å². The number of methoxy groups -OCH3 is 2. The van der Waals surface area contributed by atoms with Crippen molar-refractivity contribution >= 4 is 23.4 Å². The molecule has 8 nitrogen and oxygen atoms in total. The molecule has 1 unspecified atom stereocenters. The number of ether oxygens (including phenoxy) is 3. The number of carbonyl (C=O) groups is 2. The third kappa shape index (κ3) is 4.69. The first-order chi connectivity index (χ1) is 12.5. The van der Waals surface area contributed by atoms with Gasteiger partial charge >= 0.3 is 5.97 Å². The Labute approximate surface area is 155 Å². The van der Waals surface area contributed by atoms with Crippen LogP contribution in [-0.2, 0) is 16.0 Å². The summed E-state index contributed by atoms with van der Waals surface area (Å²) in [6.45, 7) is 3.28. The average molecular weight is 379 g/mol. The van der Waals surface area contributed by atoms with Gasteiger partial charge in [0.25, 0.3) is 5.91 Å². The standard InChI is InChI=1S/C17H21N3O5S/c1-5-13-16(26-20-19-13)17(22)25-9-15(21)18-10(2)12-8-11(23-3)6-7-14(12)24-4/h6-8,10H,5,9H2,1-4H3,(H,18,21). The van der Waals surface area contributed by atoms with Crippen LogP contribution in [-0.4, -0.2) is 42.3 Å². The molecule has 0 spiro atoms. The maximum atomic E-state index is 12.1. The summed E-state index contributed by atoms with van der Waals surface area (Å²) < 4.78 is 19.3. The highest BCUT2D eigenvalue weighted by atomic mass is 32.1. The van der Waals surface area contributed by atoms with E-state index in [1.54, 1.807) is 39.3 Å². The number of amides is 1. The highest BCUT2D eigenvalue weighted by molar-refractivity contribution is 7.07. The van der Waals surface area contributed by atoms with Gasteiger partial charge < -0.3 is 19.5 Å². The number of nitrogens with one attached hydrogen (secondary N) is 1. The molecular formula is C17H21N3O5S. The number of carbonyl (C=O) groups excluding carboxylic acids is 2. The second-order valence-electron chi connectivity index (χ2n) is 5.38. The lowest BCUT2D eigenvalue weighted by atomic mass is 10.1. The van der Waals surface area contributed by atoms with Crippen molar-refractivity contribution in [1.29, 1.82) is 0 Å². The summed E-state index contributed by atoms with van der Waals surface area (Å²) in [5, 5.41) is 6.62. The molecule has 140 valence electrons. The van der Waals surface area contributed by atoms with Gasteiger partial charge in [-0.15, -0.1) is 5.10 Å². The predicted octanol–water partition coefficient (Wildman–Crippen LogP) is 2.15. The maximum absolute atomic E-state index is 12.1. The molecule has 0 saturated carbocycles. The number of aryl methyl sites for hydroxylation is 1. The molecule has 9 heteroatoms. The number of esters is 1. The minimum atomic E-state index is -0.599. The summed E-state index contributed by atoms with van der Waals surface area (Å²) in [6, 6.07) is 4.96. The Kier molecular flexibility index (Phi) is 6.90. The van der Waals surface area contributed by atoms with Gasteiger partial charge in [0, 0.05) is 5.56 Å². The van der Waals surface area contributed by atoms with E-state index in [1.165, 1.54) is 0 Å². The largest absolute Gasteiger partial charge is 0.497 e. The molecule has 1 atom stereocenters. The highest BCUT2D eigenvalue weighted by Crippen LogP contribution is 2.29. The summed E-state index contributed by atoms with van der Waals surface area (Å²) in [7, 11) is 3.11. The molecule has 1 aromatic carbocycles. The number of nitrogens with zero attached hydrogens (tertiary/aromatic N) is 2. The zero-order valence-electron chi connectivity index (χ0n) is 15.1. The van der Waals surface area contributed by atoms with E-state index in [9.17, 15) is 9.59 Å². The molecule has 2 rings (SSSR count). The summed E-state index contributed by atoms with van der Waals surface area (Å²) in [5.74, 6) is 0.252. The van der Waals surface area contributed by atoms with Gasteiger partial charge in [-0.25, -0.2) is 4.79 Å². The van der Waals surface area contributed by atoms with Gasteiger partial charge in [-0.1, -0.05) is 11.4 Å². The minimum absolute atomic E-state index is 0.322. The molecule has 0 aliphatic carbocycles. The molecule has 0 bridgehead atoms. The second-order valence-corrected chi connectivity index (χ2v) is 6.13. The lowest BCUT2D eigenvalue weighted by molar-refractivity contribution is -0.124. The Morgan fingerprint density at radius 1 is 1.27 bits per heavy atom. The van der Waals surface area contributed by atoms with E-state index in [1.807, 2.05) is 6.92 Å². The van der Waals surface area contributed by atoms with E-state index >= 15 is 0 Å². The van der Waals surface area contributed by atoms with Crippen molar-refractivity contribution in [3.8, 4) is 11.5 Å². The summed E-state index contributed by atoms with van der Waals surface area (Å²) in [5.41, 5.74) is 1.32. The fraction of sp³-hybridized carbons (Fsp3) is 0.412. The predicted molar refractivity (Wildman–Crippen MR) is 95.7 cm³/mol. The second kappa shape index (κ2) is 9.14. The van der Waals surface area contributed by atoms with Crippen LogP contribution in [0, 0.1) is 0 Å². The molecule has 1 N–H and O–H groups in total. The quantitative estimate of drug-likeness (QED) is 0.702. The first-order valence-corrected chi connectivity index (χ1v) is 8.77. The van der Waals surface area contributed by atoms with Crippen LogP contribution < -0.4 is 14.8 Å². The highest BCUT2D eigenvalue weighted by Gasteiger charge is 2.19. The van der Waals surface area contributed by atoms with E-state index in [2.05, 4.69) is 14.9 Å². The van der Waals surface area contributed by atoms with Gasteiger partial charge in [0.1, 0.15) is 11.5 Å². The smallest absolute Gasteiger partial charge is 0.352 e. The fourth-order valence-electron chi connectivity index (χ4n) is 2.33. The van der Waals surface area contributed by atoms with Crippen LogP contribution in [0.25, 0.3) is 0 Å². The number of hydrogen-bond donors (Lipinski definition) is 1. The molecule has 0 aliphatic heterocycles. The Morgan fingerprint density at radius 2 is 2.04 bits per heavy atom. The van der Waals surface area contributed by atoms with Crippen molar-refractivity contribution in [1.82, 2.24) is 14.9 Å². The molecule has 0 saturated heterocycles. The molecule has 0 fully saturated rings. The van der Waals surface area contributed by atoms with E-state index in [4.69, 9.17) is 14.2 Å². The first kappa shape index (κ1) is 19.6. The normalized spacial score (nSPS) is 11.5. The zero-order chi connectivity index (χ0) is 19.1. The van der Waals surface area contributed by atoms with Crippen LogP contribution in [0.2, 0.25) is 0 Å². The summed E-state index contributed by atoms with van der Waals surface area (Å²) >= 11 is 0.956. The molecule has 0 radical (unpaired) electrons. The van der Waals surface area contributed by atoms with Gasteiger partial charge in [0.05, 0.1) is 26.0 Å². The monoisotopic (exact) mass is 379 g/mol. The number of hydrogen-bond acceptors (Lipinski definition) is 8. The fourth-order valence-corrected chi connectivity index (χ4v) is 2.98. The molecule has 26 heavy (non-hydrogen) atoms. The number of aromatic nitrogens is 2. The molecule has 2 aromatic rings. The first-order valence-electron chi connectivity index (χ1n) is 7.99. The van der Waals surface area contributed by atoms with Gasteiger partial charge in [-0.2, -0.15) is 0 Å². The lowest BCUT2D eigenvalue weighted by Crippen LogP contribution is -2.31. The van der Waals surface area contributed by atoms with Gasteiger partial charge in [0.15, 0.2) is 11.5 Å². The molecular weight excluding hydrogens is 358 g/mol. The van der Waals surface area contributed by atoms with E-state index in [-0.39, 0.29) is 6.04 Å². The molecule has 1 heterocycles. The average Bonchev–Trinajstić information content (AvgIpc) is 3.14. The van der Waals surface area contributed by atoms with Crippen molar-refractivity contribution in [3.63, 3.8) is 0 Å². The summed E-state index contributed by atoms with van der Waals surface area (Å²) in [6.07, 6.45) is 0.569. The van der Waals surface area contributed by atoms with Crippen LogP contribution in [0.3, 0.4) is 0 Å².